The van der Waals surface area contributed by atoms with Crippen molar-refractivity contribution >= 4 is 16.8 Å². The Kier molecular flexibility index (Phi) is 4.78. The molecule has 1 heterocycles. The number of hydrogen-bond donors (Lipinski definition) is 2. The van der Waals surface area contributed by atoms with E-state index in [0.29, 0.717) is 18.6 Å². The average Bonchev–Trinajstić information content (AvgIpc) is 2.97. The predicted molar refractivity (Wildman–Crippen MR) is 87.8 cm³/mol. The maximum Gasteiger partial charge on any atom is 0.220 e. The van der Waals surface area contributed by atoms with Crippen LogP contribution in [-0.4, -0.2) is 30.1 Å². The van der Waals surface area contributed by atoms with Crippen LogP contribution in [0.5, 0.6) is 0 Å². The Morgan fingerprint density at radius 1 is 1.27 bits per heavy atom. The number of hydrogen-bond acceptors (Lipinski definition) is 2. The lowest BCUT2D eigenvalue weighted by Gasteiger charge is -2.28. The third-order valence-corrected chi connectivity index (χ3v) is 4.67. The minimum Gasteiger partial charge on any atom is -0.381 e. The molecule has 4 heteroatoms. The molecule has 0 atom stereocenters. The van der Waals surface area contributed by atoms with Gasteiger partial charge >= 0.3 is 0 Å². The van der Waals surface area contributed by atoms with Crippen LogP contribution < -0.4 is 5.32 Å². The van der Waals surface area contributed by atoms with Crippen molar-refractivity contribution in [1.82, 2.24) is 10.3 Å². The summed E-state index contributed by atoms with van der Waals surface area (Å²) in [6, 6.07) is 8.54. The monoisotopic (exact) mass is 300 g/mol. The van der Waals surface area contributed by atoms with E-state index in [1.54, 1.807) is 7.11 Å². The molecular formula is C18H24N2O2. The van der Waals surface area contributed by atoms with Crippen molar-refractivity contribution in [3.05, 3.63) is 36.0 Å². The maximum atomic E-state index is 12.1. The normalized spacial score (nSPS) is 21.9. The van der Waals surface area contributed by atoms with Crippen LogP contribution >= 0.6 is 0 Å². The molecule has 1 aliphatic rings. The second-order valence-electron chi connectivity index (χ2n) is 6.14. The van der Waals surface area contributed by atoms with Crippen LogP contribution in [0.25, 0.3) is 10.9 Å². The quantitative estimate of drug-likeness (QED) is 0.891. The highest BCUT2D eigenvalue weighted by Crippen LogP contribution is 2.21. The minimum absolute atomic E-state index is 0.158. The molecule has 0 bridgehead atoms. The Balaban J connectivity index is 1.48. The Labute approximate surface area is 131 Å². The highest BCUT2D eigenvalue weighted by atomic mass is 16.5. The number of aromatic nitrogens is 1. The fraction of sp³-hybridized carbons (Fsp3) is 0.500. The zero-order valence-electron chi connectivity index (χ0n) is 13.1. The third kappa shape index (κ3) is 3.50. The van der Waals surface area contributed by atoms with Gasteiger partial charge in [-0.1, -0.05) is 18.2 Å². The molecule has 2 N–H and O–H groups in total. The van der Waals surface area contributed by atoms with E-state index in [9.17, 15) is 4.79 Å². The lowest BCUT2D eigenvalue weighted by Crippen LogP contribution is -2.39. The molecule has 0 spiro atoms. The fourth-order valence-electron chi connectivity index (χ4n) is 3.33. The number of nitrogens with one attached hydrogen (secondary N) is 2. The molecule has 118 valence electrons. The van der Waals surface area contributed by atoms with Gasteiger partial charge in [-0.2, -0.15) is 0 Å². The first kappa shape index (κ1) is 15.1. The second-order valence-corrected chi connectivity index (χ2v) is 6.14. The number of methoxy groups -OCH3 is 1. The Morgan fingerprint density at radius 3 is 2.82 bits per heavy atom. The summed E-state index contributed by atoms with van der Waals surface area (Å²) in [5.41, 5.74) is 2.35. The summed E-state index contributed by atoms with van der Waals surface area (Å²) >= 11 is 0. The van der Waals surface area contributed by atoms with E-state index in [-0.39, 0.29) is 5.91 Å². The van der Waals surface area contributed by atoms with Gasteiger partial charge in [0.25, 0.3) is 0 Å². The topological polar surface area (TPSA) is 54.1 Å². The fourth-order valence-corrected chi connectivity index (χ4v) is 3.33. The van der Waals surface area contributed by atoms with Gasteiger partial charge in [0, 0.05) is 36.7 Å². The molecule has 1 fully saturated rings. The van der Waals surface area contributed by atoms with Crippen LogP contribution in [0.15, 0.2) is 30.5 Å². The van der Waals surface area contributed by atoms with E-state index < -0.39 is 0 Å². The largest absolute Gasteiger partial charge is 0.381 e. The first-order chi connectivity index (χ1) is 10.8. The summed E-state index contributed by atoms with van der Waals surface area (Å²) in [5, 5.41) is 4.39. The van der Waals surface area contributed by atoms with Gasteiger partial charge in [0.2, 0.25) is 5.91 Å². The Bertz CT molecular complexity index is 627. The number of para-hydroxylation sites is 1. The number of rotatable bonds is 5. The molecule has 2 aromatic rings. The Morgan fingerprint density at radius 2 is 2.05 bits per heavy atom. The van der Waals surface area contributed by atoms with E-state index in [1.165, 1.54) is 10.9 Å². The number of aromatic amines is 1. The molecule has 1 aromatic heterocycles. The summed E-state index contributed by atoms with van der Waals surface area (Å²) in [6.07, 6.45) is 7.86. The lowest BCUT2D eigenvalue weighted by molar-refractivity contribution is -0.122. The third-order valence-electron chi connectivity index (χ3n) is 4.67. The van der Waals surface area contributed by atoms with Gasteiger partial charge in [0.15, 0.2) is 0 Å². The first-order valence-electron chi connectivity index (χ1n) is 8.13. The van der Waals surface area contributed by atoms with Crippen LogP contribution in [0.3, 0.4) is 0 Å². The van der Waals surface area contributed by atoms with E-state index in [2.05, 4.69) is 22.4 Å². The van der Waals surface area contributed by atoms with E-state index >= 15 is 0 Å². The van der Waals surface area contributed by atoms with Crippen LogP contribution in [-0.2, 0) is 16.0 Å². The van der Waals surface area contributed by atoms with Crippen LogP contribution in [0, 0.1) is 0 Å². The zero-order valence-corrected chi connectivity index (χ0v) is 13.1. The maximum absolute atomic E-state index is 12.1. The minimum atomic E-state index is 0.158. The van der Waals surface area contributed by atoms with Gasteiger partial charge in [0.05, 0.1) is 6.10 Å². The number of fused-ring (bicyclic) bond motifs is 1. The molecule has 0 saturated heterocycles. The van der Waals surface area contributed by atoms with Crippen molar-refractivity contribution in [1.29, 1.82) is 0 Å². The van der Waals surface area contributed by atoms with Crippen LogP contribution in [0.2, 0.25) is 0 Å². The number of carbonyl (C=O) groups is 1. The van der Waals surface area contributed by atoms with Crippen LogP contribution in [0.4, 0.5) is 0 Å². The number of H-pyrrole nitrogens is 1. The van der Waals surface area contributed by atoms with Crippen molar-refractivity contribution in [3.8, 4) is 0 Å². The van der Waals surface area contributed by atoms with Gasteiger partial charge in [-0.25, -0.2) is 0 Å². The van der Waals surface area contributed by atoms with Gasteiger partial charge in [-0.3, -0.25) is 4.79 Å². The number of benzene rings is 1. The summed E-state index contributed by atoms with van der Waals surface area (Å²) in [6.45, 7) is 0. The summed E-state index contributed by atoms with van der Waals surface area (Å²) in [5.74, 6) is 0.158. The predicted octanol–water partition coefficient (Wildman–Crippen LogP) is 3.17. The molecular weight excluding hydrogens is 276 g/mol. The molecule has 4 nitrogen and oxygen atoms in total. The molecule has 22 heavy (non-hydrogen) atoms. The van der Waals surface area contributed by atoms with Gasteiger partial charge < -0.3 is 15.0 Å². The standard InChI is InChI=1S/C18H24N2O2/c1-22-15-9-7-14(8-10-15)20-18(21)11-6-13-12-19-17-5-3-2-4-16(13)17/h2-5,12,14-15,19H,6-11H2,1H3,(H,20,21). The summed E-state index contributed by atoms with van der Waals surface area (Å²) < 4.78 is 5.37. The molecule has 1 aliphatic carbocycles. The number of amides is 1. The van der Waals surface area contributed by atoms with Crippen molar-refractivity contribution < 1.29 is 9.53 Å². The highest BCUT2D eigenvalue weighted by molar-refractivity contribution is 5.84. The van der Waals surface area contributed by atoms with Gasteiger partial charge in [0.1, 0.15) is 0 Å². The van der Waals surface area contributed by atoms with E-state index in [4.69, 9.17) is 4.74 Å². The molecule has 3 rings (SSSR count). The number of ether oxygens (including phenoxy) is 1. The number of carbonyl (C=O) groups excluding carboxylic acids is 1. The molecule has 0 radical (unpaired) electrons. The zero-order chi connectivity index (χ0) is 15.4. The van der Waals surface area contributed by atoms with Crippen molar-refractivity contribution in [2.75, 3.05) is 7.11 Å². The van der Waals surface area contributed by atoms with E-state index in [0.717, 1.165) is 37.6 Å². The number of aryl methyl sites for hydroxylation is 1. The molecule has 1 aromatic carbocycles. The van der Waals surface area contributed by atoms with E-state index in [1.807, 2.05) is 18.3 Å². The SMILES string of the molecule is COC1CCC(NC(=O)CCc2c[nH]c3ccccc23)CC1. The lowest BCUT2D eigenvalue weighted by atomic mass is 9.93. The van der Waals surface area contributed by atoms with Gasteiger partial charge in [-0.05, 0) is 43.7 Å². The van der Waals surface area contributed by atoms with Gasteiger partial charge in [-0.15, -0.1) is 0 Å². The Hall–Kier alpha value is -1.81. The van der Waals surface area contributed by atoms with Crippen LogP contribution in [0.1, 0.15) is 37.7 Å². The second kappa shape index (κ2) is 6.97. The molecule has 0 unspecified atom stereocenters. The van der Waals surface area contributed by atoms with Crippen molar-refractivity contribution in [2.45, 2.75) is 50.7 Å². The summed E-state index contributed by atoms with van der Waals surface area (Å²) in [7, 11) is 1.77. The average molecular weight is 300 g/mol. The van der Waals surface area contributed by atoms with Crippen molar-refractivity contribution in [2.24, 2.45) is 0 Å². The smallest absolute Gasteiger partial charge is 0.220 e. The molecule has 1 amide bonds. The summed E-state index contributed by atoms with van der Waals surface area (Å²) in [4.78, 5) is 15.4. The molecule has 0 aliphatic heterocycles. The van der Waals surface area contributed by atoms with Crippen molar-refractivity contribution in [3.63, 3.8) is 0 Å². The highest BCUT2D eigenvalue weighted by Gasteiger charge is 2.21. The molecule has 1 saturated carbocycles. The first-order valence-corrected chi connectivity index (χ1v) is 8.13.